The predicted octanol–water partition coefficient (Wildman–Crippen LogP) is 1.66. The average molecular weight is 174 g/mol. The Bertz CT molecular complexity index is 310. The first kappa shape index (κ1) is 9.76. The van der Waals surface area contributed by atoms with Gasteiger partial charge in [0.1, 0.15) is 0 Å². The molecule has 0 aliphatic heterocycles. The molecule has 1 aromatic carbocycles. The molecule has 0 saturated carbocycles. The molecule has 0 bridgehead atoms. The first-order valence-corrected chi connectivity index (χ1v) is 4.36. The molecule has 0 unspecified atom stereocenters. The Kier molecular flexibility index (Phi) is 3.48. The Labute approximate surface area is 79.4 Å². The van der Waals surface area contributed by atoms with Gasteiger partial charge in [-0.05, 0) is 38.2 Å². The molecule has 13 heavy (non-hydrogen) atoms. The fourth-order valence-electron chi connectivity index (χ4n) is 1.15. The van der Waals surface area contributed by atoms with Crippen molar-refractivity contribution in [2.75, 3.05) is 20.6 Å². The lowest BCUT2D eigenvalue weighted by molar-refractivity contribution is 0.413. The highest BCUT2D eigenvalue weighted by Crippen LogP contribution is 2.04. The van der Waals surface area contributed by atoms with Crippen LogP contribution >= 0.6 is 0 Å². The summed E-state index contributed by atoms with van der Waals surface area (Å²) in [6.45, 7) is 1.02. The van der Waals surface area contributed by atoms with Crippen molar-refractivity contribution in [2.24, 2.45) is 0 Å². The van der Waals surface area contributed by atoms with Gasteiger partial charge in [-0.2, -0.15) is 5.26 Å². The normalized spacial score (nSPS) is 10.0. The largest absolute Gasteiger partial charge is 0.309 e. The van der Waals surface area contributed by atoms with Gasteiger partial charge in [-0.25, -0.2) is 0 Å². The molecule has 0 heterocycles. The van der Waals surface area contributed by atoms with Gasteiger partial charge in [0, 0.05) is 6.54 Å². The minimum absolute atomic E-state index is 0.747. The van der Waals surface area contributed by atoms with Gasteiger partial charge in [-0.3, -0.25) is 0 Å². The number of nitriles is 1. The third-order valence-corrected chi connectivity index (χ3v) is 1.90. The van der Waals surface area contributed by atoms with Crippen LogP contribution in [0.3, 0.4) is 0 Å². The summed E-state index contributed by atoms with van der Waals surface area (Å²) in [5, 5.41) is 8.68. The van der Waals surface area contributed by atoms with E-state index in [2.05, 4.69) is 17.0 Å². The minimum Gasteiger partial charge on any atom is -0.309 e. The third kappa shape index (κ3) is 3.27. The maximum Gasteiger partial charge on any atom is 0.0991 e. The highest BCUT2D eigenvalue weighted by Gasteiger charge is 1.95. The van der Waals surface area contributed by atoms with Gasteiger partial charge in [0.25, 0.3) is 0 Å². The van der Waals surface area contributed by atoms with Crippen LogP contribution in [0.2, 0.25) is 0 Å². The topological polar surface area (TPSA) is 27.0 Å². The Hall–Kier alpha value is -1.33. The van der Waals surface area contributed by atoms with Gasteiger partial charge >= 0.3 is 0 Å². The Morgan fingerprint density at radius 2 is 2.15 bits per heavy atom. The summed E-state index contributed by atoms with van der Waals surface area (Å²) < 4.78 is 0. The van der Waals surface area contributed by atoms with Gasteiger partial charge in [0.05, 0.1) is 11.6 Å². The molecule has 2 heteroatoms. The van der Waals surface area contributed by atoms with Crippen LogP contribution in [0.25, 0.3) is 0 Å². The number of hydrogen-bond donors (Lipinski definition) is 0. The maximum absolute atomic E-state index is 8.68. The van der Waals surface area contributed by atoms with E-state index in [1.54, 1.807) is 0 Å². The number of likely N-dealkylation sites (N-methyl/N-ethyl adjacent to an activating group) is 1. The molecule has 0 saturated heterocycles. The van der Waals surface area contributed by atoms with Crippen LogP contribution in [0.4, 0.5) is 0 Å². The number of rotatable bonds is 3. The molecule has 2 nitrogen and oxygen atoms in total. The van der Waals surface area contributed by atoms with Crippen LogP contribution in [-0.4, -0.2) is 25.5 Å². The number of nitrogens with zero attached hydrogens (tertiary/aromatic N) is 2. The predicted molar refractivity (Wildman–Crippen MR) is 53.4 cm³/mol. The third-order valence-electron chi connectivity index (χ3n) is 1.90. The first-order valence-electron chi connectivity index (χ1n) is 4.36. The van der Waals surface area contributed by atoms with Crippen molar-refractivity contribution in [3.8, 4) is 6.07 Å². The van der Waals surface area contributed by atoms with Crippen molar-refractivity contribution in [1.82, 2.24) is 4.90 Å². The van der Waals surface area contributed by atoms with Crippen molar-refractivity contribution < 1.29 is 0 Å². The van der Waals surface area contributed by atoms with E-state index < -0.39 is 0 Å². The smallest absolute Gasteiger partial charge is 0.0991 e. The molecule has 0 atom stereocenters. The van der Waals surface area contributed by atoms with E-state index in [0.717, 1.165) is 18.5 Å². The summed E-state index contributed by atoms with van der Waals surface area (Å²) in [7, 11) is 4.10. The number of hydrogen-bond acceptors (Lipinski definition) is 2. The van der Waals surface area contributed by atoms with Crippen molar-refractivity contribution in [2.45, 2.75) is 6.42 Å². The molecule has 0 aliphatic rings. The molecule has 1 aromatic rings. The maximum atomic E-state index is 8.68. The van der Waals surface area contributed by atoms with Crippen molar-refractivity contribution in [3.05, 3.63) is 35.4 Å². The second kappa shape index (κ2) is 4.64. The van der Waals surface area contributed by atoms with Gasteiger partial charge in [0.15, 0.2) is 0 Å². The summed E-state index contributed by atoms with van der Waals surface area (Å²) in [4.78, 5) is 2.14. The van der Waals surface area contributed by atoms with Crippen LogP contribution in [-0.2, 0) is 6.42 Å². The number of benzene rings is 1. The molecule has 0 N–H and O–H groups in total. The quantitative estimate of drug-likeness (QED) is 0.697. The fraction of sp³-hybridized carbons (Fsp3) is 0.364. The van der Waals surface area contributed by atoms with Gasteiger partial charge in [-0.1, -0.05) is 12.1 Å². The zero-order valence-electron chi connectivity index (χ0n) is 8.12. The molecular weight excluding hydrogens is 160 g/mol. The van der Waals surface area contributed by atoms with Crippen molar-refractivity contribution in [3.63, 3.8) is 0 Å². The van der Waals surface area contributed by atoms with Gasteiger partial charge in [0.2, 0.25) is 0 Å². The summed E-state index contributed by atoms with van der Waals surface area (Å²) in [5.41, 5.74) is 1.98. The van der Waals surface area contributed by atoms with E-state index in [1.165, 1.54) is 5.56 Å². The van der Waals surface area contributed by atoms with E-state index in [1.807, 2.05) is 32.3 Å². The van der Waals surface area contributed by atoms with E-state index >= 15 is 0 Å². The Morgan fingerprint density at radius 3 is 2.77 bits per heavy atom. The zero-order chi connectivity index (χ0) is 9.68. The molecule has 68 valence electrons. The van der Waals surface area contributed by atoms with Crippen LogP contribution in [0.15, 0.2) is 24.3 Å². The second-order valence-electron chi connectivity index (χ2n) is 3.37. The summed E-state index contributed by atoms with van der Waals surface area (Å²) in [5.74, 6) is 0. The average Bonchev–Trinajstić information content (AvgIpc) is 2.15. The Morgan fingerprint density at radius 1 is 1.38 bits per heavy atom. The van der Waals surface area contributed by atoms with Crippen molar-refractivity contribution in [1.29, 1.82) is 5.26 Å². The highest BCUT2D eigenvalue weighted by atomic mass is 15.0. The molecule has 0 aliphatic carbocycles. The van der Waals surface area contributed by atoms with Crippen molar-refractivity contribution >= 4 is 0 Å². The second-order valence-corrected chi connectivity index (χ2v) is 3.37. The van der Waals surface area contributed by atoms with Crippen LogP contribution in [0.5, 0.6) is 0 Å². The SMILES string of the molecule is CN(C)CCc1cccc(C#N)c1. The molecule has 0 aromatic heterocycles. The van der Waals surface area contributed by atoms with Crippen LogP contribution in [0, 0.1) is 11.3 Å². The Balaban J connectivity index is 2.63. The molecule has 0 radical (unpaired) electrons. The van der Waals surface area contributed by atoms with E-state index in [0.29, 0.717) is 0 Å². The van der Waals surface area contributed by atoms with E-state index in [9.17, 15) is 0 Å². The van der Waals surface area contributed by atoms with Gasteiger partial charge in [-0.15, -0.1) is 0 Å². The van der Waals surface area contributed by atoms with Gasteiger partial charge < -0.3 is 4.90 Å². The van der Waals surface area contributed by atoms with E-state index in [-0.39, 0.29) is 0 Å². The molecule has 0 spiro atoms. The molecular formula is C11H14N2. The summed E-state index contributed by atoms with van der Waals surface area (Å²) >= 11 is 0. The molecule has 0 fully saturated rings. The lowest BCUT2D eigenvalue weighted by atomic mass is 10.1. The lowest BCUT2D eigenvalue weighted by Crippen LogP contribution is -2.14. The minimum atomic E-state index is 0.747. The standard InChI is InChI=1S/C11H14N2/c1-13(2)7-6-10-4-3-5-11(8-10)9-12/h3-5,8H,6-7H2,1-2H3. The molecule has 1 rings (SSSR count). The summed E-state index contributed by atoms with van der Waals surface area (Å²) in [6.07, 6.45) is 1.00. The van der Waals surface area contributed by atoms with Crippen LogP contribution in [0.1, 0.15) is 11.1 Å². The monoisotopic (exact) mass is 174 g/mol. The fourth-order valence-corrected chi connectivity index (χ4v) is 1.15. The van der Waals surface area contributed by atoms with E-state index in [4.69, 9.17) is 5.26 Å². The highest BCUT2D eigenvalue weighted by molar-refractivity contribution is 5.32. The lowest BCUT2D eigenvalue weighted by Gasteiger charge is -2.08. The van der Waals surface area contributed by atoms with Crippen LogP contribution < -0.4 is 0 Å². The molecule has 0 amide bonds. The summed E-state index contributed by atoms with van der Waals surface area (Å²) in [6, 6.07) is 9.92. The first-order chi connectivity index (χ1) is 6.22. The zero-order valence-corrected chi connectivity index (χ0v) is 8.12.